The molecule has 1 heterocycles. The number of aromatic nitrogens is 2. The van der Waals surface area contributed by atoms with E-state index in [4.69, 9.17) is 9.72 Å². The van der Waals surface area contributed by atoms with Crippen LogP contribution in [0.3, 0.4) is 0 Å². The molecule has 0 unspecified atom stereocenters. The van der Waals surface area contributed by atoms with Crippen LogP contribution < -0.4 is 15.6 Å². The Labute approximate surface area is 179 Å². The minimum Gasteiger partial charge on any atom is -0.495 e. The average Bonchev–Trinajstić information content (AvgIpc) is 3.58. The molecule has 1 aliphatic rings. The Balaban J connectivity index is 1.74. The molecule has 0 spiro atoms. The van der Waals surface area contributed by atoms with Crippen LogP contribution in [0.15, 0.2) is 52.4 Å². The Morgan fingerprint density at radius 3 is 2.80 bits per heavy atom. The highest BCUT2D eigenvalue weighted by Crippen LogP contribution is 2.32. The largest absolute Gasteiger partial charge is 0.495 e. The second kappa shape index (κ2) is 8.52. The highest BCUT2D eigenvalue weighted by atomic mass is 32.2. The molecule has 4 rings (SSSR count). The highest BCUT2D eigenvalue weighted by Gasteiger charge is 2.29. The smallest absolute Gasteiger partial charge is 0.266 e. The Morgan fingerprint density at radius 2 is 2.07 bits per heavy atom. The van der Waals surface area contributed by atoms with Crippen LogP contribution in [0, 0.1) is 12.8 Å². The zero-order valence-electron chi connectivity index (χ0n) is 17.3. The summed E-state index contributed by atoms with van der Waals surface area (Å²) < 4.78 is 7.06. The summed E-state index contributed by atoms with van der Waals surface area (Å²) in [5, 5.41) is 4.05. The molecule has 0 radical (unpaired) electrons. The zero-order valence-corrected chi connectivity index (χ0v) is 18.2. The molecule has 0 saturated heterocycles. The minimum absolute atomic E-state index is 0.0513. The first-order valence-electron chi connectivity index (χ1n) is 10.1. The van der Waals surface area contributed by atoms with Crippen molar-refractivity contribution in [2.24, 2.45) is 5.92 Å². The van der Waals surface area contributed by atoms with Crippen molar-refractivity contribution >= 4 is 28.6 Å². The molecule has 7 heteroatoms. The van der Waals surface area contributed by atoms with E-state index < -0.39 is 0 Å². The van der Waals surface area contributed by atoms with Gasteiger partial charge in [-0.3, -0.25) is 14.2 Å². The minimum atomic E-state index is -0.182. The molecule has 30 heavy (non-hydrogen) atoms. The topological polar surface area (TPSA) is 73.2 Å². The number of hydrogen-bond acceptors (Lipinski definition) is 5. The van der Waals surface area contributed by atoms with E-state index in [0.29, 0.717) is 33.4 Å². The van der Waals surface area contributed by atoms with Gasteiger partial charge in [0.2, 0.25) is 5.91 Å². The van der Waals surface area contributed by atoms with Crippen LogP contribution in [-0.2, 0) is 4.79 Å². The van der Waals surface area contributed by atoms with Gasteiger partial charge in [0.05, 0.1) is 29.5 Å². The van der Waals surface area contributed by atoms with Crippen molar-refractivity contribution < 1.29 is 9.53 Å². The summed E-state index contributed by atoms with van der Waals surface area (Å²) in [6.07, 6.45) is 2.35. The number of methoxy groups -OCH3 is 1. The molecule has 1 atom stereocenters. The van der Waals surface area contributed by atoms with Gasteiger partial charge in [0, 0.05) is 6.04 Å². The lowest BCUT2D eigenvalue weighted by molar-refractivity contribution is -0.119. The maximum Gasteiger partial charge on any atom is 0.266 e. The van der Waals surface area contributed by atoms with Gasteiger partial charge in [-0.05, 0) is 62.4 Å². The van der Waals surface area contributed by atoms with E-state index in [1.807, 2.05) is 50.2 Å². The molecule has 1 aromatic heterocycles. The summed E-state index contributed by atoms with van der Waals surface area (Å²) in [6.45, 7) is 4.00. The van der Waals surface area contributed by atoms with Gasteiger partial charge < -0.3 is 10.1 Å². The van der Waals surface area contributed by atoms with E-state index in [1.165, 1.54) is 24.6 Å². The van der Waals surface area contributed by atoms with Crippen molar-refractivity contribution in [2.75, 3.05) is 12.9 Å². The van der Waals surface area contributed by atoms with E-state index in [0.717, 1.165) is 5.56 Å². The summed E-state index contributed by atoms with van der Waals surface area (Å²) in [6, 6.07) is 13.1. The lowest BCUT2D eigenvalue weighted by Gasteiger charge is -2.17. The fraction of sp³-hybridized carbons (Fsp3) is 0.348. The quantitative estimate of drug-likeness (QED) is 0.463. The number of para-hydroxylation sites is 1. The van der Waals surface area contributed by atoms with Gasteiger partial charge >= 0.3 is 0 Å². The second-order valence-corrected chi connectivity index (χ2v) is 8.65. The van der Waals surface area contributed by atoms with Crippen LogP contribution in [0.2, 0.25) is 0 Å². The first-order chi connectivity index (χ1) is 14.5. The van der Waals surface area contributed by atoms with E-state index in [1.54, 1.807) is 17.7 Å². The van der Waals surface area contributed by atoms with Gasteiger partial charge in [0.25, 0.3) is 5.56 Å². The molecule has 0 aliphatic heterocycles. The first-order valence-corrected chi connectivity index (χ1v) is 11.1. The Morgan fingerprint density at radius 1 is 1.30 bits per heavy atom. The van der Waals surface area contributed by atoms with Gasteiger partial charge in [-0.1, -0.05) is 30.0 Å². The van der Waals surface area contributed by atoms with Gasteiger partial charge in [-0.15, -0.1) is 0 Å². The third-order valence-corrected chi connectivity index (χ3v) is 6.31. The van der Waals surface area contributed by atoms with Crippen LogP contribution in [0.5, 0.6) is 5.75 Å². The number of carbonyl (C=O) groups is 1. The summed E-state index contributed by atoms with van der Waals surface area (Å²) >= 11 is 1.26. The van der Waals surface area contributed by atoms with Crippen LogP contribution in [-0.4, -0.2) is 34.4 Å². The Kier molecular flexibility index (Phi) is 5.81. The highest BCUT2D eigenvalue weighted by molar-refractivity contribution is 7.99. The number of fused-ring (bicyclic) bond motifs is 1. The first kappa shape index (κ1) is 20.5. The monoisotopic (exact) mass is 423 g/mol. The van der Waals surface area contributed by atoms with Crippen molar-refractivity contribution in [1.29, 1.82) is 0 Å². The van der Waals surface area contributed by atoms with Crippen molar-refractivity contribution in [2.45, 2.75) is 37.9 Å². The molecule has 6 nitrogen and oxygen atoms in total. The third kappa shape index (κ3) is 4.21. The number of nitrogens with one attached hydrogen (secondary N) is 1. The molecule has 2 aromatic carbocycles. The summed E-state index contributed by atoms with van der Waals surface area (Å²) in [7, 11) is 1.58. The van der Waals surface area contributed by atoms with Crippen molar-refractivity contribution in [3.63, 3.8) is 0 Å². The molecule has 1 fully saturated rings. The van der Waals surface area contributed by atoms with Crippen molar-refractivity contribution in [3.8, 4) is 11.4 Å². The van der Waals surface area contributed by atoms with E-state index in [-0.39, 0.29) is 23.3 Å². The fourth-order valence-electron chi connectivity index (χ4n) is 3.54. The van der Waals surface area contributed by atoms with Crippen LogP contribution in [0.25, 0.3) is 16.6 Å². The number of ether oxygens (including phenoxy) is 1. The molecule has 3 aromatic rings. The number of rotatable bonds is 7. The lowest BCUT2D eigenvalue weighted by Crippen LogP contribution is -2.35. The molecule has 0 bridgehead atoms. The SMILES string of the molecule is COc1ccc(C)cc1-n1c(SCC(=O)N[C@H](C)C2CC2)nc2ccccc2c1=O. The molecular formula is C23H25N3O3S. The van der Waals surface area contributed by atoms with Gasteiger partial charge in [-0.2, -0.15) is 0 Å². The predicted octanol–water partition coefficient (Wildman–Crippen LogP) is 3.71. The van der Waals surface area contributed by atoms with Crippen molar-refractivity contribution in [1.82, 2.24) is 14.9 Å². The van der Waals surface area contributed by atoms with Crippen LogP contribution in [0.4, 0.5) is 0 Å². The normalized spacial score (nSPS) is 14.5. The summed E-state index contributed by atoms with van der Waals surface area (Å²) in [4.78, 5) is 30.6. The maximum atomic E-state index is 13.4. The molecular weight excluding hydrogens is 398 g/mol. The Bertz CT molecular complexity index is 1150. The number of aryl methyl sites for hydroxylation is 1. The molecule has 1 aliphatic carbocycles. The van der Waals surface area contributed by atoms with Crippen LogP contribution >= 0.6 is 11.8 Å². The average molecular weight is 424 g/mol. The number of thioether (sulfide) groups is 1. The summed E-state index contributed by atoms with van der Waals surface area (Å²) in [5.41, 5.74) is 2.05. The van der Waals surface area contributed by atoms with E-state index in [2.05, 4.69) is 5.32 Å². The van der Waals surface area contributed by atoms with Gasteiger partial charge in [0.15, 0.2) is 5.16 Å². The van der Waals surface area contributed by atoms with Gasteiger partial charge in [-0.25, -0.2) is 4.98 Å². The molecule has 1 saturated carbocycles. The summed E-state index contributed by atoms with van der Waals surface area (Å²) in [5.74, 6) is 1.31. The maximum absolute atomic E-state index is 13.4. The molecule has 1 amide bonds. The number of carbonyl (C=O) groups excluding carboxylic acids is 1. The number of benzene rings is 2. The molecule has 156 valence electrons. The predicted molar refractivity (Wildman–Crippen MR) is 120 cm³/mol. The van der Waals surface area contributed by atoms with Crippen molar-refractivity contribution in [3.05, 3.63) is 58.4 Å². The fourth-order valence-corrected chi connectivity index (χ4v) is 4.35. The lowest BCUT2D eigenvalue weighted by atomic mass is 10.2. The van der Waals surface area contributed by atoms with E-state index >= 15 is 0 Å². The standard InChI is InChI=1S/C23H25N3O3S/c1-14-8-11-20(29-3)19(12-14)26-22(28)17-6-4-5-7-18(17)25-23(26)30-13-21(27)24-15(2)16-9-10-16/h4-8,11-12,15-16H,9-10,13H2,1-3H3,(H,24,27)/t15-/m1/s1. The second-order valence-electron chi connectivity index (χ2n) is 7.71. The van der Waals surface area contributed by atoms with Crippen LogP contribution in [0.1, 0.15) is 25.3 Å². The van der Waals surface area contributed by atoms with Gasteiger partial charge in [0.1, 0.15) is 5.75 Å². The number of nitrogens with zero attached hydrogens (tertiary/aromatic N) is 2. The Hall–Kier alpha value is -2.80. The number of hydrogen-bond donors (Lipinski definition) is 1. The van der Waals surface area contributed by atoms with E-state index in [9.17, 15) is 9.59 Å². The molecule has 1 N–H and O–H groups in total. The third-order valence-electron chi connectivity index (χ3n) is 5.37. The zero-order chi connectivity index (χ0) is 21.3. The number of amides is 1.